The summed E-state index contributed by atoms with van der Waals surface area (Å²) in [6.07, 6.45) is 1.38. The predicted octanol–water partition coefficient (Wildman–Crippen LogP) is 0.481. The van der Waals surface area contributed by atoms with Gasteiger partial charge < -0.3 is 14.8 Å². The van der Waals surface area contributed by atoms with Crippen LogP contribution in [0.15, 0.2) is 0 Å². The van der Waals surface area contributed by atoms with E-state index in [-0.39, 0.29) is 24.4 Å². The monoisotopic (exact) mass is 217 g/mol. The summed E-state index contributed by atoms with van der Waals surface area (Å²) in [6.45, 7) is 2.23. The summed E-state index contributed by atoms with van der Waals surface area (Å²) in [7, 11) is 2.93. The molecule has 0 aromatic carbocycles. The second-order valence-electron chi connectivity index (χ2n) is 3.26. The number of nitrogens with one attached hydrogen (secondary N) is 1. The average molecular weight is 217 g/mol. The molecule has 0 fully saturated rings. The number of carbonyl (C=O) groups is 2. The summed E-state index contributed by atoms with van der Waals surface area (Å²) in [6, 6.07) is 0. The number of rotatable bonds is 7. The molecule has 0 aliphatic rings. The molecule has 0 aliphatic carbocycles. The lowest BCUT2D eigenvalue weighted by atomic mass is 10.2. The third-order valence-electron chi connectivity index (χ3n) is 2.06. The van der Waals surface area contributed by atoms with Crippen LogP contribution in [0.2, 0.25) is 0 Å². The largest absolute Gasteiger partial charge is 0.469 e. The smallest absolute Gasteiger partial charge is 0.307 e. The summed E-state index contributed by atoms with van der Waals surface area (Å²) in [5.74, 6) is -0.386. The van der Waals surface area contributed by atoms with Crippen LogP contribution in [0, 0.1) is 0 Å². The highest BCUT2D eigenvalue weighted by Crippen LogP contribution is 1.99. The Labute approximate surface area is 90.1 Å². The fourth-order valence-corrected chi connectivity index (χ4v) is 0.947. The van der Waals surface area contributed by atoms with Crippen molar-refractivity contribution in [2.45, 2.75) is 32.3 Å². The fourth-order valence-electron chi connectivity index (χ4n) is 0.947. The molecule has 0 aromatic rings. The molecule has 0 radical (unpaired) electrons. The van der Waals surface area contributed by atoms with Crippen molar-refractivity contribution < 1.29 is 19.1 Å². The number of methoxy groups -OCH3 is 2. The summed E-state index contributed by atoms with van der Waals surface area (Å²) in [5.41, 5.74) is 0. The zero-order chi connectivity index (χ0) is 11.7. The zero-order valence-electron chi connectivity index (χ0n) is 9.54. The number of esters is 1. The second kappa shape index (κ2) is 8.23. The van der Waals surface area contributed by atoms with E-state index in [9.17, 15) is 9.59 Å². The number of hydrogen-bond acceptors (Lipinski definition) is 4. The van der Waals surface area contributed by atoms with Crippen LogP contribution >= 0.6 is 0 Å². The van der Waals surface area contributed by atoms with E-state index in [2.05, 4.69) is 10.1 Å². The van der Waals surface area contributed by atoms with Crippen molar-refractivity contribution in [1.82, 2.24) is 5.32 Å². The van der Waals surface area contributed by atoms with Gasteiger partial charge in [-0.3, -0.25) is 9.59 Å². The number of carbonyl (C=O) groups excluding carboxylic acids is 2. The van der Waals surface area contributed by atoms with E-state index >= 15 is 0 Å². The zero-order valence-corrected chi connectivity index (χ0v) is 9.54. The third kappa shape index (κ3) is 7.93. The average Bonchev–Trinajstić information content (AvgIpc) is 2.25. The Morgan fingerprint density at radius 2 is 1.93 bits per heavy atom. The van der Waals surface area contributed by atoms with E-state index in [1.165, 1.54) is 7.11 Å². The van der Waals surface area contributed by atoms with Crippen LogP contribution in [-0.4, -0.2) is 38.7 Å². The van der Waals surface area contributed by atoms with Crippen molar-refractivity contribution in [3.05, 3.63) is 0 Å². The topological polar surface area (TPSA) is 64.6 Å². The lowest BCUT2D eigenvalue weighted by Crippen LogP contribution is -2.27. The van der Waals surface area contributed by atoms with Gasteiger partial charge in [-0.25, -0.2) is 0 Å². The summed E-state index contributed by atoms with van der Waals surface area (Å²) >= 11 is 0. The van der Waals surface area contributed by atoms with Crippen molar-refractivity contribution in [3.63, 3.8) is 0 Å². The Balaban J connectivity index is 3.45. The molecule has 1 unspecified atom stereocenters. The van der Waals surface area contributed by atoms with Crippen molar-refractivity contribution >= 4 is 11.9 Å². The molecule has 15 heavy (non-hydrogen) atoms. The molecule has 0 aromatic heterocycles. The summed E-state index contributed by atoms with van der Waals surface area (Å²) < 4.78 is 9.44. The van der Waals surface area contributed by atoms with E-state index in [1.54, 1.807) is 7.11 Å². The van der Waals surface area contributed by atoms with Crippen LogP contribution in [0.4, 0.5) is 0 Å². The van der Waals surface area contributed by atoms with Gasteiger partial charge in [-0.2, -0.15) is 0 Å². The Morgan fingerprint density at radius 3 is 2.47 bits per heavy atom. The van der Waals surface area contributed by atoms with Gasteiger partial charge in [-0.05, 0) is 13.3 Å². The van der Waals surface area contributed by atoms with E-state index in [4.69, 9.17) is 4.74 Å². The van der Waals surface area contributed by atoms with Gasteiger partial charge in [0.25, 0.3) is 0 Å². The first-order valence-electron chi connectivity index (χ1n) is 4.96. The molecule has 5 nitrogen and oxygen atoms in total. The maximum absolute atomic E-state index is 11.2. The minimum Gasteiger partial charge on any atom is -0.469 e. The first-order chi connectivity index (χ1) is 7.10. The van der Waals surface area contributed by atoms with Crippen LogP contribution in [0.1, 0.15) is 26.2 Å². The highest BCUT2D eigenvalue weighted by molar-refractivity contribution is 5.77. The van der Waals surface area contributed by atoms with Crippen LogP contribution in [-0.2, 0) is 19.1 Å². The van der Waals surface area contributed by atoms with Gasteiger partial charge in [-0.15, -0.1) is 0 Å². The Hall–Kier alpha value is -1.10. The third-order valence-corrected chi connectivity index (χ3v) is 2.06. The van der Waals surface area contributed by atoms with Gasteiger partial charge >= 0.3 is 5.97 Å². The van der Waals surface area contributed by atoms with Gasteiger partial charge in [0.1, 0.15) is 0 Å². The molecule has 1 atom stereocenters. The standard InChI is InChI=1S/C10H19NO4/c1-8(14-2)4-5-9(12)11-7-6-10(13)15-3/h8H,4-7H2,1-3H3,(H,11,12). The number of amides is 1. The molecule has 1 amide bonds. The molecule has 0 rings (SSSR count). The van der Waals surface area contributed by atoms with Crippen LogP contribution in [0.25, 0.3) is 0 Å². The molecule has 1 N–H and O–H groups in total. The number of hydrogen-bond donors (Lipinski definition) is 1. The Bertz CT molecular complexity index is 206. The molecule has 0 spiro atoms. The Kier molecular flexibility index (Phi) is 7.62. The lowest BCUT2D eigenvalue weighted by Gasteiger charge is -2.08. The molecular weight excluding hydrogens is 198 g/mol. The highest BCUT2D eigenvalue weighted by atomic mass is 16.5. The normalized spacial score (nSPS) is 11.9. The molecule has 0 saturated carbocycles. The first kappa shape index (κ1) is 13.9. The maximum Gasteiger partial charge on any atom is 0.307 e. The van der Waals surface area contributed by atoms with Crippen LogP contribution in [0.3, 0.4) is 0 Å². The summed E-state index contributed by atoms with van der Waals surface area (Å²) in [4.78, 5) is 21.9. The van der Waals surface area contributed by atoms with E-state index < -0.39 is 0 Å². The molecule has 0 saturated heterocycles. The SMILES string of the molecule is COC(=O)CCNC(=O)CCC(C)OC. The van der Waals surface area contributed by atoms with Crippen molar-refractivity contribution in [3.8, 4) is 0 Å². The molecule has 0 bridgehead atoms. The van der Waals surface area contributed by atoms with Crippen molar-refractivity contribution in [2.24, 2.45) is 0 Å². The summed E-state index contributed by atoms with van der Waals surface area (Å²) in [5, 5.41) is 2.63. The molecular formula is C10H19NO4. The van der Waals surface area contributed by atoms with Gasteiger partial charge in [0.2, 0.25) is 5.91 Å². The van der Waals surface area contributed by atoms with Crippen LogP contribution < -0.4 is 5.32 Å². The lowest BCUT2D eigenvalue weighted by molar-refractivity contribution is -0.140. The minimum atomic E-state index is -0.319. The number of ether oxygens (including phenoxy) is 2. The quantitative estimate of drug-likeness (QED) is 0.630. The maximum atomic E-state index is 11.2. The van der Waals surface area contributed by atoms with Crippen molar-refractivity contribution in [2.75, 3.05) is 20.8 Å². The fraction of sp³-hybridized carbons (Fsp3) is 0.800. The van der Waals surface area contributed by atoms with E-state index in [1.807, 2.05) is 6.92 Å². The van der Waals surface area contributed by atoms with Gasteiger partial charge in [-0.1, -0.05) is 0 Å². The molecule has 0 aliphatic heterocycles. The molecule has 5 heteroatoms. The predicted molar refractivity (Wildman–Crippen MR) is 55.3 cm³/mol. The van der Waals surface area contributed by atoms with E-state index in [0.29, 0.717) is 19.4 Å². The van der Waals surface area contributed by atoms with Crippen LogP contribution in [0.5, 0.6) is 0 Å². The molecule has 0 heterocycles. The highest BCUT2D eigenvalue weighted by Gasteiger charge is 2.06. The molecule has 88 valence electrons. The van der Waals surface area contributed by atoms with E-state index in [0.717, 1.165) is 0 Å². The minimum absolute atomic E-state index is 0.0668. The van der Waals surface area contributed by atoms with Gasteiger partial charge in [0, 0.05) is 20.1 Å². The van der Waals surface area contributed by atoms with Crippen molar-refractivity contribution in [1.29, 1.82) is 0 Å². The Morgan fingerprint density at radius 1 is 1.27 bits per heavy atom. The second-order valence-corrected chi connectivity index (χ2v) is 3.26. The van der Waals surface area contributed by atoms with Gasteiger partial charge in [0.05, 0.1) is 19.6 Å². The van der Waals surface area contributed by atoms with Gasteiger partial charge in [0.15, 0.2) is 0 Å². The first-order valence-corrected chi connectivity index (χ1v) is 4.96.